The second-order valence-electron chi connectivity index (χ2n) is 4.59. The monoisotopic (exact) mass is 234 g/mol. The third-order valence-corrected chi connectivity index (χ3v) is 2.94. The lowest BCUT2D eigenvalue weighted by molar-refractivity contribution is -0.112. The average Bonchev–Trinajstić information content (AvgIpc) is 2.63. The molecule has 1 aliphatic heterocycles. The average molecular weight is 234 g/mol. The second kappa shape index (κ2) is 4.71. The molecule has 0 saturated carbocycles. The molecular formula is C12H18N4O. The Bertz CT molecular complexity index is 453. The molecular weight excluding hydrogens is 216 g/mol. The number of nitrogens with zero attached hydrogens (tertiary/aromatic N) is 2. The zero-order valence-corrected chi connectivity index (χ0v) is 10.4. The molecule has 0 aliphatic carbocycles. The quantitative estimate of drug-likeness (QED) is 0.775. The number of aromatic nitrogens is 2. The fraction of sp³-hybridized carbons (Fsp3) is 0.500. The highest BCUT2D eigenvalue weighted by atomic mass is 16.1. The zero-order valence-electron chi connectivity index (χ0n) is 10.4. The van der Waals surface area contributed by atoms with Crippen LogP contribution < -0.4 is 10.6 Å². The molecule has 0 spiro atoms. The Balaban J connectivity index is 2.02. The molecule has 1 aromatic rings. The molecule has 1 saturated heterocycles. The Kier molecular flexibility index (Phi) is 3.28. The Hall–Kier alpha value is -1.62. The summed E-state index contributed by atoms with van der Waals surface area (Å²) < 4.78 is 1.82. The lowest BCUT2D eigenvalue weighted by atomic mass is 10.0. The van der Waals surface area contributed by atoms with Crippen LogP contribution in [0.4, 0.5) is 5.69 Å². The van der Waals surface area contributed by atoms with Crippen molar-refractivity contribution in [1.29, 1.82) is 0 Å². The van der Waals surface area contributed by atoms with Gasteiger partial charge >= 0.3 is 0 Å². The molecule has 0 aromatic carbocycles. The van der Waals surface area contributed by atoms with Gasteiger partial charge in [0.2, 0.25) is 0 Å². The van der Waals surface area contributed by atoms with E-state index in [9.17, 15) is 4.79 Å². The lowest BCUT2D eigenvalue weighted by Gasteiger charge is -2.21. The van der Waals surface area contributed by atoms with Crippen LogP contribution in [-0.2, 0) is 4.79 Å². The Morgan fingerprint density at radius 2 is 2.24 bits per heavy atom. The highest BCUT2D eigenvalue weighted by molar-refractivity contribution is 6.03. The summed E-state index contributed by atoms with van der Waals surface area (Å²) >= 11 is 0. The van der Waals surface area contributed by atoms with Gasteiger partial charge in [-0.05, 0) is 26.3 Å². The summed E-state index contributed by atoms with van der Waals surface area (Å²) in [4.78, 5) is 11.9. The maximum atomic E-state index is 11.9. The van der Waals surface area contributed by atoms with Crippen molar-refractivity contribution in [2.45, 2.75) is 26.8 Å². The summed E-state index contributed by atoms with van der Waals surface area (Å²) in [6.45, 7) is 7.60. The zero-order chi connectivity index (χ0) is 12.4. The van der Waals surface area contributed by atoms with Crippen LogP contribution in [0.25, 0.3) is 0 Å². The van der Waals surface area contributed by atoms with Crippen LogP contribution in [0, 0.1) is 0 Å². The lowest BCUT2D eigenvalue weighted by Crippen LogP contribution is -2.36. The largest absolute Gasteiger partial charge is 0.320 e. The van der Waals surface area contributed by atoms with Crippen LogP contribution in [-0.4, -0.2) is 28.8 Å². The molecule has 2 N–H and O–H groups in total. The first-order valence-electron chi connectivity index (χ1n) is 5.82. The molecule has 0 radical (unpaired) electrons. The van der Waals surface area contributed by atoms with Crippen molar-refractivity contribution >= 4 is 11.6 Å². The molecule has 17 heavy (non-hydrogen) atoms. The van der Waals surface area contributed by atoms with E-state index in [0.29, 0.717) is 6.04 Å². The molecule has 5 heteroatoms. The van der Waals surface area contributed by atoms with E-state index < -0.39 is 0 Å². The molecule has 0 atom stereocenters. The highest BCUT2D eigenvalue weighted by Gasteiger charge is 2.16. The van der Waals surface area contributed by atoms with E-state index in [1.807, 2.05) is 31.6 Å². The SMILES string of the molecule is CC(C(=O)Nc1cnn(C(C)C)c1)=C1CNC1. The molecule has 2 rings (SSSR count). The van der Waals surface area contributed by atoms with Crippen molar-refractivity contribution in [1.82, 2.24) is 15.1 Å². The minimum Gasteiger partial charge on any atom is -0.320 e. The number of carbonyl (C=O) groups is 1. The molecule has 1 aliphatic rings. The number of hydrogen-bond donors (Lipinski definition) is 2. The van der Waals surface area contributed by atoms with Crippen molar-refractivity contribution in [2.75, 3.05) is 18.4 Å². The summed E-state index contributed by atoms with van der Waals surface area (Å²) in [6.07, 6.45) is 3.52. The van der Waals surface area contributed by atoms with Crippen molar-refractivity contribution in [2.24, 2.45) is 0 Å². The minimum atomic E-state index is -0.0372. The minimum absolute atomic E-state index is 0.0372. The van der Waals surface area contributed by atoms with E-state index in [1.165, 1.54) is 5.57 Å². The Morgan fingerprint density at radius 1 is 1.53 bits per heavy atom. The molecule has 2 heterocycles. The molecule has 0 unspecified atom stereocenters. The molecule has 5 nitrogen and oxygen atoms in total. The first kappa shape index (κ1) is 11.9. The van der Waals surface area contributed by atoms with Gasteiger partial charge in [0.25, 0.3) is 5.91 Å². The predicted octanol–water partition coefficient (Wildman–Crippen LogP) is 1.32. The number of hydrogen-bond acceptors (Lipinski definition) is 3. The number of carbonyl (C=O) groups excluding carboxylic acids is 1. The van der Waals surface area contributed by atoms with Crippen LogP contribution >= 0.6 is 0 Å². The fourth-order valence-electron chi connectivity index (χ4n) is 1.59. The molecule has 1 amide bonds. The first-order valence-corrected chi connectivity index (χ1v) is 5.82. The van der Waals surface area contributed by atoms with Gasteiger partial charge in [0.15, 0.2) is 0 Å². The Labute approximate surface area is 101 Å². The van der Waals surface area contributed by atoms with Crippen molar-refractivity contribution in [3.63, 3.8) is 0 Å². The first-order chi connectivity index (χ1) is 8.08. The van der Waals surface area contributed by atoms with Gasteiger partial charge in [-0.2, -0.15) is 5.10 Å². The summed E-state index contributed by atoms with van der Waals surface area (Å²) in [6, 6.07) is 0.302. The molecule has 1 aromatic heterocycles. The molecule has 1 fully saturated rings. The number of amides is 1. The summed E-state index contributed by atoms with van der Waals surface area (Å²) in [5.41, 5.74) is 2.73. The Morgan fingerprint density at radius 3 is 2.71 bits per heavy atom. The van der Waals surface area contributed by atoms with Crippen molar-refractivity contribution in [3.05, 3.63) is 23.5 Å². The number of rotatable bonds is 3. The van der Waals surface area contributed by atoms with Gasteiger partial charge in [-0.25, -0.2) is 0 Å². The van der Waals surface area contributed by atoms with E-state index in [4.69, 9.17) is 0 Å². The van der Waals surface area contributed by atoms with Gasteiger partial charge in [-0.3, -0.25) is 9.48 Å². The van der Waals surface area contributed by atoms with Crippen LogP contribution in [0.1, 0.15) is 26.8 Å². The summed E-state index contributed by atoms with van der Waals surface area (Å²) in [5.74, 6) is -0.0372. The predicted molar refractivity (Wildman–Crippen MR) is 66.8 cm³/mol. The van der Waals surface area contributed by atoms with E-state index in [2.05, 4.69) is 15.7 Å². The van der Waals surface area contributed by atoms with E-state index >= 15 is 0 Å². The number of nitrogens with one attached hydrogen (secondary N) is 2. The van der Waals surface area contributed by atoms with Crippen molar-refractivity contribution < 1.29 is 4.79 Å². The van der Waals surface area contributed by atoms with Crippen LogP contribution in [0.15, 0.2) is 23.5 Å². The van der Waals surface area contributed by atoms with Gasteiger partial charge in [-0.15, -0.1) is 0 Å². The van der Waals surface area contributed by atoms with Gasteiger partial charge in [0.05, 0.1) is 11.9 Å². The van der Waals surface area contributed by atoms with Gasteiger partial charge in [0.1, 0.15) is 0 Å². The van der Waals surface area contributed by atoms with Gasteiger partial charge in [0, 0.05) is 30.9 Å². The maximum absolute atomic E-state index is 11.9. The fourth-order valence-corrected chi connectivity index (χ4v) is 1.59. The van der Waals surface area contributed by atoms with Crippen LogP contribution in [0.5, 0.6) is 0 Å². The van der Waals surface area contributed by atoms with Crippen molar-refractivity contribution in [3.8, 4) is 0 Å². The smallest absolute Gasteiger partial charge is 0.251 e. The third-order valence-electron chi connectivity index (χ3n) is 2.94. The maximum Gasteiger partial charge on any atom is 0.251 e. The van der Waals surface area contributed by atoms with E-state index in [-0.39, 0.29) is 5.91 Å². The standard InChI is InChI=1S/C12H18N4O/c1-8(2)16-7-11(6-14-16)15-12(17)9(3)10-4-13-5-10/h6-8,13H,4-5H2,1-3H3,(H,15,17). The van der Waals surface area contributed by atoms with Gasteiger partial charge < -0.3 is 10.6 Å². The normalized spacial score (nSPS) is 14.7. The highest BCUT2D eigenvalue weighted by Crippen LogP contribution is 2.14. The van der Waals surface area contributed by atoms with E-state index in [0.717, 1.165) is 24.4 Å². The van der Waals surface area contributed by atoms with Crippen LogP contribution in [0.3, 0.4) is 0 Å². The summed E-state index contributed by atoms with van der Waals surface area (Å²) in [5, 5.41) is 10.2. The topological polar surface area (TPSA) is 59.0 Å². The summed E-state index contributed by atoms with van der Waals surface area (Å²) in [7, 11) is 0. The van der Waals surface area contributed by atoms with E-state index in [1.54, 1.807) is 6.20 Å². The molecule has 92 valence electrons. The third kappa shape index (κ3) is 2.55. The van der Waals surface area contributed by atoms with Crippen LogP contribution in [0.2, 0.25) is 0 Å². The second-order valence-corrected chi connectivity index (χ2v) is 4.59. The molecule has 0 bridgehead atoms. The van der Waals surface area contributed by atoms with Gasteiger partial charge in [-0.1, -0.05) is 0 Å². The number of anilines is 1.